The third kappa shape index (κ3) is 4.45. The van der Waals surface area contributed by atoms with Gasteiger partial charge in [0, 0.05) is 18.2 Å². The first-order valence-corrected chi connectivity index (χ1v) is 8.51. The van der Waals surface area contributed by atoms with Gasteiger partial charge in [-0.05, 0) is 24.6 Å². The van der Waals surface area contributed by atoms with E-state index in [1.807, 2.05) is 0 Å². The fraction of sp³-hybridized carbons (Fsp3) is 0.444. The summed E-state index contributed by atoms with van der Waals surface area (Å²) in [5.41, 5.74) is 0.928. The molecule has 0 spiro atoms. The van der Waals surface area contributed by atoms with Crippen molar-refractivity contribution in [1.29, 1.82) is 0 Å². The van der Waals surface area contributed by atoms with E-state index in [0.717, 1.165) is 5.56 Å². The summed E-state index contributed by atoms with van der Waals surface area (Å²) in [6, 6.07) is 6.97. The van der Waals surface area contributed by atoms with Crippen LogP contribution in [0.5, 0.6) is 11.6 Å². The number of ether oxygens (including phenoxy) is 3. The Morgan fingerprint density at radius 2 is 2.00 bits per heavy atom. The van der Waals surface area contributed by atoms with Crippen molar-refractivity contribution in [1.82, 2.24) is 9.55 Å². The van der Waals surface area contributed by atoms with Crippen LogP contribution in [0.4, 0.5) is 0 Å². The van der Waals surface area contributed by atoms with Gasteiger partial charge >= 0.3 is 5.69 Å². The molecule has 3 rings (SSSR count). The number of aliphatic hydroxyl groups is 3. The summed E-state index contributed by atoms with van der Waals surface area (Å²) in [5, 5.41) is 27.7. The van der Waals surface area contributed by atoms with Crippen LogP contribution < -0.4 is 15.2 Å². The van der Waals surface area contributed by atoms with Crippen LogP contribution in [0.3, 0.4) is 0 Å². The second-order valence-corrected chi connectivity index (χ2v) is 6.24. The summed E-state index contributed by atoms with van der Waals surface area (Å²) in [6.45, 7) is 1.26. The number of hydrogen-bond acceptors (Lipinski definition) is 8. The fourth-order valence-electron chi connectivity index (χ4n) is 2.86. The van der Waals surface area contributed by atoms with E-state index in [1.54, 1.807) is 37.4 Å². The zero-order chi connectivity index (χ0) is 19.4. The van der Waals surface area contributed by atoms with Gasteiger partial charge in [0.1, 0.15) is 24.7 Å². The number of hydrogen-bond donors (Lipinski definition) is 3. The van der Waals surface area contributed by atoms with Crippen LogP contribution in [0.2, 0.25) is 0 Å². The number of aliphatic hydroxyl groups excluding tert-OH is 3. The molecule has 9 heteroatoms. The molecule has 1 aromatic carbocycles. The molecule has 0 amide bonds. The maximum Gasteiger partial charge on any atom is 0.352 e. The van der Waals surface area contributed by atoms with Crippen molar-refractivity contribution in [2.75, 3.05) is 13.4 Å². The van der Waals surface area contributed by atoms with Crippen molar-refractivity contribution < 1.29 is 29.5 Å². The molecule has 1 aliphatic heterocycles. The Morgan fingerprint density at radius 1 is 1.26 bits per heavy atom. The Morgan fingerprint density at radius 3 is 2.63 bits per heavy atom. The first-order chi connectivity index (χ1) is 13.0. The highest BCUT2D eigenvalue weighted by atomic mass is 16.6. The highest BCUT2D eigenvalue weighted by Crippen LogP contribution is 2.28. The molecule has 3 unspecified atom stereocenters. The topological polar surface area (TPSA) is 123 Å². The smallest absolute Gasteiger partial charge is 0.352 e. The van der Waals surface area contributed by atoms with Gasteiger partial charge in [-0.3, -0.25) is 4.57 Å². The molecule has 9 nitrogen and oxygen atoms in total. The maximum absolute atomic E-state index is 12.3. The highest BCUT2D eigenvalue weighted by molar-refractivity contribution is 5.27. The third-order valence-electron chi connectivity index (χ3n) is 4.31. The zero-order valence-corrected chi connectivity index (χ0v) is 14.8. The molecule has 1 aliphatic rings. The lowest BCUT2D eigenvalue weighted by atomic mass is 10.2. The van der Waals surface area contributed by atoms with Gasteiger partial charge in [0.05, 0.1) is 12.7 Å². The van der Waals surface area contributed by atoms with Crippen molar-refractivity contribution in [3.8, 4) is 11.6 Å². The molecule has 0 aliphatic carbocycles. The van der Waals surface area contributed by atoms with Crippen LogP contribution in [0.25, 0.3) is 0 Å². The van der Waals surface area contributed by atoms with Crippen molar-refractivity contribution in [2.45, 2.75) is 38.4 Å². The lowest BCUT2D eigenvalue weighted by Crippen LogP contribution is -2.28. The Kier molecular flexibility index (Phi) is 6.07. The van der Waals surface area contributed by atoms with Crippen LogP contribution in [-0.2, 0) is 11.3 Å². The first-order valence-electron chi connectivity index (χ1n) is 8.51. The Bertz CT molecular complexity index is 821. The molecule has 3 N–H and O–H groups in total. The van der Waals surface area contributed by atoms with E-state index in [2.05, 4.69) is 4.98 Å². The zero-order valence-electron chi connectivity index (χ0n) is 14.8. The van der Waals surface area contributed by atoms with E-state index in [4.69, 9.17) is 24.4 Å². The molecule has 1 aromatic heterocycles. The van der Waals surface area contributed by atoms with Crippen LogP contribution >= 0.6 is 0 Å². The van der Waals surface area contributed by atoms with Crippen LogP contribution in [0, 0.1) is 6.92 Å². The largest absolute Gasteiger partial charge is 0.472 e. The normalized spacial score (nSPS) is 22.0. The third-order valence-corrected chi connectivity index (χ3v) is 4.31. The minimum atomic E-state index is -0.832. The molecule has 1 fully saturated rings. The number of rotatable bonds is 7. The molecule has 3 atom stereocenters. The van der Waals surface area contributed by atoms with E-state index in [-0.39, 0.29) is 25.5 Å². The van der Waals surface area contributed by atoms with E-state index in [0.29, 0.717) is 11.3 Å². The molecule has 27 heavy (non-hydrogen) atoms. The average Bonchev–Trinajstić information content (AvgIpc) is 3.04. The van der Waals surface area contributed by atoms with Crippen molar-refractivity contribution in [3.63, 3.8) is 0 Å². The molecule has 146 valence electrons. The Hall–Kier alpha value is -2.46. The SMILES string of the molecule is Cc1cn(C2CC(O)C(CO)O2)c(=O)nc1OCc1ccc(OCO)cc1. The van der Waals surface area contributed by atoms with Crippen LogP contribution in [0.15, 0.2) is 35.3 Å². The van der Waals surface area contributed by atoms with Crippen molar-refractivity contribution in [3.05, 3.63) is 52.1 Å². The molecule has 0 radical (unpaired) electrons. The molecule has 2 heterocycles. The van der Waals surface area contributed by atoms with Gasteiger partial charge < -0.3 is 29.5 Å². The van der Waals surface area contributed by atoms with Gasteiger partial charge in [-0.1, -0.05) is 12.1 Å². The minimum absolute atomic E-state index is 0.203. The number of aryl methyl sites for hydroxylation is 1. The van der Waals surface area contributed by atoms with E-state index < -0.39 is 30.9 Å². The molecule has 0 bridgehead atoms. The standard InChI is InChI=1S/C18H22N2O7/c1-11-7-20(16-6-14(23)15(8-21)27-16)18(24)19-17(11)25-9-12-2-4-13(5-3-12)26-10-22/h2-5,7,14-16,21-23H,6,8-10H2,1H3. The monoisotopic (exact) mass is 378 g/mol. The average molecular weight is 378 g/mol. The Labute approximate surface area is 155 Å². The molecule has 0 saturated carbocycles. The van der Waals surface area contributed by atoms with Gasteiger partial charge in [0.2, 0.25) is 5.88 Å². The number of aromatic nitrogens is 2. The summed E-state index contributed by atoms with van der Waals surface area (Å²) in [6.07, 6.45) is -0.449. The van der Waals surface area contributed by atoms with Crippen LogP contribution in [-0.4, -0.2) is 50.5 Å². The molecular formula is C18H22N2O7. The quantitative estimate of drug-likeness (QED) is 0.580. The van der Waals surface area contributed by atoms with Gasteiger partial charge in [-0.25, -0.2) is 4.79 Å². The summed E-state index contributed by atoms with van der Waals surface area (Å²) in [7, 11) is 0. The second kappa shape index (κ2) is 8.49. The summed E-state index contributed by atoms with van der Waals surface area (Å²) >= 11 is 0. The highest BCUT2D eigenvalue weighted by Gasteiger charge is 2.35. The van der Waals surface area contributed by atoms with Gasteiger partial charge in [-0.15, -0.1) is 0 Å². The predicted molar refractivity (Wildman–Crippen MR) is 93.3 cm³/mol. The minimum Gasteiger partial charge on any atom is -0.472 e. The number of nitrogens with zero attached hydrogens (tertiary/aromatic N) is 2. The van der Waals surface area contributed by atoms with E-state index in [9.17, 15) is 9.90 Å². The first kappa shape index (κ1) is 19.3. The van der Waals surface area contributed by atoms with Gasteiger partial charge in [-0.2, -0.15) is 4.98 Å². The summed E-state index contributed by atoms with van der Waals surface area (Å²) in [4.78, 5) is 16.3. The second-order valence-electron chi connectivity index (χ2n) is 6.24. The molecule has 2 aromatic rings. The summed E-state index contributed by atoms with van der Waals surface area (Å²) < 4.78 is 17.4. The lowest BCUT2D eigenvalue weighted by molar-refractivity contribution is -0.0460. The predicted octanol–water partition coefficient (Wildman–Crippen LogP) is 0.100. The van der Waals surface area contributed by atoms with E-state index in [1.165, 1.54) is 4.57 Å². The number of benzene rings is 1. The maximum atomic E-state index is 12.3. The lowest BCUT2D eigenvalue weighted by Gasteiger charge is -2.16. The summed E-state index contributed by atoms with van der Waals surface area (Å²) in [5.74, 6) is 0.752. The van der Waals surface area contributed by atoms with Gasteiger partial charge in [0.25, 0.3) is 0 Å². The van der Waals surface area contributed by atoms with Crippen LogP contribution in [0.1, 0.15) is 23.8 Å². The Balaban J connectivity index is 1.69. The molecular weight excluding hydrogens is 356 g/mol. The van der Waals surface area contributed by atoms with E-state index >= 15 is 0 Å². The molecule has 1 saturated heterocycles. The van der Waals surface area contributed by atoms with Gasteiger partial charge in [0.15, 0.2) is 6.79 Å². The van der Waals surface area contributed by atoms with Crippen molar-refractivity contribution in [2.24, 2.45) is 0 Å². The fourth-order valence-corrected chi connectivity index (χ4v) is 2.86. The van der Waals surface area contributed by atoms with Crippen molar-refractivity contribution >= 4 is 0 Å².